The average Bonchev–Trinajstić information content (AvgIpc) is 2.98. The van der Waals surface area contributed by atoms with E-state index in [0.29, 0.717) is 36.8 Å². The van der Waals surface area contributed by atoms with Gasteiger partial charge in [-0.3, -0.25) is 20.0 Å². The highest BCUT2D eigenvalue weighted by Crippen LogP contribution is 2.23. The smallest absolute Gasteiger partial charge is 0.412 e. The van der Waals surface area contributed by atoms with E-state index in [0.717, 1.165) is 31.6 Å². The highest BCUT2D eigenvalue weighted by atomic mass is 19.1. The molecule has 0 aliphatic carbocycles. The number of anilines is 3. The van der Waals surface area contributed by atoms with Crippen LogP contribution in [0.1, 0.15) is 43.2 Å². The van der Waals surface area contributed by atoms with Gasteiger partial charge < -0.3 is 25.0 Å². The van der Waals surface area contributed by atoms with Gasteiger partial charge in [-0.1, -0.05) is 18.2 Å². The Hall–Kier alpha value is -4.55. The zero-order chi connectivity index (χ0) is 31.5. The first-order valence-electron chi connectivity index (χ1n) is 14.5. The van der Waals surface area contributed by atoms with E-state index in [1.54, 1.807) is 68.3 Å². The number of nitrogens with zero attached hydrogens (tertiary/aromatic N) is 3. The molecule has 234 valence electrons. The van der Waals surface area contributed by atoms with E-state index < -0.39 is 17.6 Å². The number of amides is 4. The number of aromatic nitrogens is 1. The second kappa shape index (κ2) is 15.3. The van der Waals surface area contributed by atoms with Crippen molar-refractivity contribution in [3.05, 3.63) is 83.9 Å². The number of morpholine rings is 1. The number of nitrogens with one attached hydrogen (secondary N) is 3. The van der Waals surface area contributed by atoms with Gasteiger partial charge in [0.15, 0.2) is 0 Å². The van der Waals surface area contributed by atoms with Crippen LogP contribution < -0.4 is 16.0 Å². The van der Waals surface area contributed by atoms with E-state index in [2.05, 4.69) is 25.8 Å². The fourth-order valence-corrected chi connectivity index (χ4v) is 4.47. The number of benzene rings is 2. The number of ether oxygens (including phenoxy) is 2. The van der Waals surface area contributed by atoms with Crippen LogP contribution in [0.2, 0.25) is 0 Å². The molecular weight excluding hydrogens is 567 g/mol. The monoisotopic (exact) mass is 606 g/mol. The maximum Gasteiger partial charge on any atom is 0.412 e. The molecule has 0 atom stereocenters. The van der Waals surface area contributed by atoms with E-state index >= 15 is 0 Å². The number of carbonyl (C=O) groups is 3. The van der Waals surface area contributed by atoms with Crippen LogP contribution in [0.5, 0.6) is 0 Å². The van der Waals surface area contributed by atoms with E-state index in [1.807, 2.05) is 0 Å². The van der Waals surface area contributed by atoms with Crippen molar-refractivity contribution in [2.24, 2.45) is 0 Å². The largest absolute Gasteiger partial charge is 0.444 e. The van der Waals surface area contributed by atoms with Crippen molar-refractivity contribution in [1.29, 1.82) is 0 Å². The first kappa shape index (κ1) is 32.4. The summed E-state index contributed by atoms with van der Waals surface area (Å²) in [6.07, 6.45) is 1.67. The summed E-state index contributed by atoms with van der Waals surface area (Å²) in [7, 11) is 0. The van der Waals surface area contributed by atoms with Gasteiger partial charge in [0.1, 0.15) is 17.1 Å². The summed E-state index contributed by atoms with van der Waals surface area (Å²) in [5.41, 5.74) is 1.48. The Kier molecular flexibility index (Phi) is 11.2. The summed E-state index contributed by atoms with van der Waals surface area (Å²) < 4.78 is 24.1. The molecule has 11 nitrogen and oxygen atoms in total. The molecule has 3 aromatic rings. The van der Waals surface area contributed by atoms with Crippen LogP contribution in [0, 0.1) is 5.82 Å². The maximum absolute atomic E-state index is 13.4. The van der Waals surface area contributed by atoms with Crippen molar-refractivity contribution in [2.45, 2.75) is 39.3 Å². The molecule has 44 heavy (non-hydrogen) atoms. The second-order valence-corrected chi connectivity index (χ2v) is 11.3. The first-order valence-corrected chi connectivity index (χ1v) is 14.5. The Bertz CT molecular complexity index is 1410. The molecule has 0 bridgehead atoms. The molecule has 2 aromatic carbocycles. The molecule has 1 saturated heterocycles. The lowest BCUT2D eigenvalue weighted by molar-refractivity contribution is 0.0365. The average molecular weight is 607 g/mol. The Balaban J connectivity index is 1.39. The maximum atomic E-state index is 13.4. The van der Waals surface area contributed by atoms with Crippen LogP contribution in [-0.4, -0.2) is 77.8 Å². The van der Waals surface area contributed by atoms with Gasteiger partial charge in [-0.25, -0.2) is 14.0 Å². The minimum absolute atomic E-state index is 0.162. The van der Waals surface area contributed by atoms with Gasteiger partial charge in [0.05, 0.1) is 24.6 Å². The third-order valence-electron chi connectivity index (χ3n) is 6.63. The summed E-state index contributed by atoms with van der Waals surface area (Å²) in [5, 5.41) is 8.26. The third kappa shape index (κ3) is 10.3. The summed E-state index contributed by atoms with van der Waals surface area (Å²) in [6, 6.07) is 15.4. The molecule has 1 fully saturated rings. The van der Waals surface area contributed by atoms with Crippen LogP contribution in [0.25, 0.3) is 0 Å². The summed E-state index contributed by atoms with van der Waals surface area (Å²) in [5.74, 6) is -0.852. The van der Waals surface area contributed by atoms with Gasteiger partial charge in [0.2, 0.25) is 0 Å². The minimum Gasteiger partial charge on any atom is -0.444 e. The number of pyridine rings is 1. The van der Waals surface area contributed by atoms with Crippen molar-refractivity contribution in [3.8, 4) is 0 Å². The predicted octanol–water partition coefficient (Wildman–Crippen LogP) is 5.58. The van der Waals surface area contributed by atoms with E-state index in [9.17, 15) is 18.8 Å². The van der Waals surface area contributed by atoms with Crippen molar-refractivity contribution in [1.82, 2.24) is 14.8 Å². The van der Waals surface area contributed by atoms with Gasteiger partial charge in [-0.05, 0) is 75.2 Å². The second-order valence-electron chi connectivity index (χ2n) is 11.3. The number of carbonyl (C=O) groups excluding carboxylic acids is 3. The molecule has 4 amide bonds. The molecule has 0 spiro atoms. The highest BCUT2D eigenvalue weighted by molar-refractivity contribution is 6.05. The molecule has 1 aliphatic heterocycles. The molecule has 3 N–H and O–H groups in total. The Morgan fingerprint density at radius 1 is 0.955 bits per heavy atom. The van der Waals surface area contributed by atoms with Crippen molar-refractivity contribution in [2.75, 3.05) is 55.3 Å². The van der Waals surface area contributed by atoms with E-state index in [4.69, 9.17) is 9.47 Å². The van der Waals surface area contributed by atoms with E-state index in [-0.39, 0.29) is 24.1 Å². The normalized spacial score (nSPS) is 13.5. The van der Waals surface area contributed by atoms with Gasteiger partial charge in [0.25, 0.3) is 5.91 Å². The number of hydrogen-bond donors (Lipinski definition) is 3. The topological polar surface area (TPSA) is 125 Å². The zero-order valence-electron chi connectivity index (χ0n) is 25.3. The number of para-hydroxylation sites is 2. The standard InChI is InChI=1S/C32H39FN6O5/c1-32(2,3)44-31(42)37-27-8-5-4-7-26(27)36-29(40)28-14-9-23(21-34-28)22-39(16-6-15-38-17-19-43-20-18-38)30(41)35-25-12-10-24(33)11-13-25/h4-5,7-14,21H,6,15-20,22H2,1-3H3,(H,35,41)(H,36,40)(H,37,42). The predicted molar refractivity (Wildman–Crippen MR) is 166 cm³/mol. The van der Waals surface area contributed by atoms with E-state index in [1.165, 1.54) is 24.3 Å². The lowest BCUT2D eigenvalue weighted by atomic mass is 10.2. The third-order valence-corrected chi connectivity index (χ3v) is 6.63. The molecule has 12 heteroatoms. The van der Waals surface area contributed by atoms with Crippen molar-refractivity contribution >= 4 is 35.1 Å². The molecule has 1 aromatic heterocycles. The Morgan fingerprint density at radius 2 is 1.64 bits per heavy atom. The van der Waals surface area contributed by atoms with Gasteiger partial charge in [-0.2, -0.15) is 0 Å². The van der Waals surface area contributed by atoms with Crippen LogP contribution in [0.3, 0.4) is 0 Å². The molecule has 0 saturated carbocycles. The fraction of sp³-hybridized carbons (Fsp3) is 0.375. The number of hydrogen-bond acceptors (Lipinski definition) is 7. The summed E-state index contributed by atoms with van der Waals surface area (Å²) in [4.78, 5) is 46.8. The number of rotatable bonds is 10. The van der Waals surface area contributed by atoms with Gasteiger partial charge >= 0.3 is 12.1 Å². The quantitative estimate of drug-likeness (QED) is 0.275. The molecular formula is C32H39FN6O5. The Morgan fingerprint density at radius 3 is 2.27 bits per heavy atom. The molecule has 4 rings (SSSR count). The first-order chi connectivity index (χ1) is 21.1. The fourth-order valence-electron chi connectivity index (χ4n) is 4.47. The van der Waals surface area contributed by atoms with Crippen molar-refractivity contribution < 1.29 is 28.2 Å². The Labute approximate surface area is 256 Å². The SMILES string of the molecule is CC(C)(C)OC(=O)Nc1ccccc1NC(=O)c1ccc(CN(CCCN2CCOCC2)C(=O)Nc2ccc(F)cc2)cn1. The summed E-state index contributed by atoms with van der Waals surface area (Å²) >= 11 is 0. The summed E-state index contributed by atoms with van der Waals surface area (Å²) in [6.45, 7) is 9.97. The van der Waals surface area contributed by atoms with Crippen LogP contribution in [0.4, 0.5) is 31.0 Å². The van der Waals surface area contributed by atoms with Crippen LogP contribution >= 0.6 is 0 Å². The lowest BCUT2D eigenvalue weighted by Gasteiger charge is -2.28. The number of urea groups is 1. The molecule has 1 aliphatic rings. The molecule has 0 unspecified atom stereocenters. The van der Waals surface area contributed by atoms with Crippen molar-refractivity contribution in [3.63, 3.8) is 0 Å². The molecule has 2 heterocycles. The van der Waals surface area contributed by atoms with Crippen LogP contribution in [-0.2, 0) is 16.0 Å². The number of halogens is 1. The van der Waals surface area contributed by atoms with Gasteiger partial charge in [-0.15, -0.1) is 0 Å². The minimum atomic E-state index is -0.673. The highest BCUT2D eigenvalue weighted by Gasteiger charge is 2.19. The molecule has 0 radical (unpaired) electrons. The lowest BCUT2D eigenvalue weighted by Crippen LogP contribution is -2.40. The van der Waals surface area contributed by atoms with Gasteiger partial charge in [0, 0.05) is 44.6 Å². The zero-order valence-corrected chi connectivity index (χ0v) is 25.3. The van der Waals surface area contributed by atoms with Crippen LogP contribution in [0.15, 0.2) is 66.9 Å².